The molecule has 1 unspecified atom stereocenters. The number of amides is 2. The van der Waals surface area contributed by atoms with Crippen LogP contribution in [0.1, 0.15) is 30.9 Å². The van der Waals surface area contributed by atoms with Gasteiger partial charge in [0, 0.05) is 5.57 Å². The zero-order valence-corrected chi connectivity index (χ0v) is 13.3. The molecule has 2 aliphatic rings. The molecular formula is C19H22N2O2. The van der Waals surface area contributed by atoms with Gasteiger partial charge in [0.2, 0.25) is 11.8 Å². The first-order valence-electron chi connectivity index (χ1n) is 7.97. The maximum Gasteiger partial charge on any atom is 0.244 e. The van der Waals surface area contributed by atoms with E-state index in [1.807, 2.05) is 31.2 Å². The van der Waals surface area contributed by atoms with Crippen LogP contribution in [-0.4, -0.2) is 11.8 Å². The summed E-state index contributed by atoms with van der Waals surface area (Å²) >= 11 is 0. The summed E-state index contributed by atoms with van der Waals surface area (Å²) in [4.78, 5) is 23.9. The summed E-state index contributed by atoms with van der Waals surface area (Å²) in [5, 5.41) is 0. The Morgan fingerprint density at radius 1 is 1.17 bits per heavy atom. The Balaban J connectivity index is 1.84. The number of carbonyl (C=O) groups is 2. The maximum absolute atomic E-state index is 12.2. The quantitative estimate of drug-likeness (QED) is 0.891. The van der Waals surface area contributed by atoms with Gasteiger partial charge >= 0.3 is 0 Å². The highest BCUT2D eigenvalue weighted by molar-refractivity contribution is 5.96. The van der Waals surface area contributed by atoms with Gasteiger partial charge in [0.05, 0.1) is 5.41 Å². The summed E-state index contributed by atoms with van der Waals surface area (Å²) < 4.78 is 0. The van der Waals surface area contributed by atoms with Crippen LogP contribution in [0.3, 0.4) is 0 Å². The Labute approximate surface area is 136 Å². The Bertz CT molecular complexity index is 708. The second kappa shape index (κ2) is 5.69. The van der Waals surface area contributed by atoms with Crippen LogP contribution in [0.2, 0.25) is 0 Å². The fourth-order valence-electron chi connectivity index (χ4n) is 3.90. The van der Waals surface area contributed by atoms with E-state index in [2.05, 4.69) is 12.1 Å². The van der Waals surface area contributed by atoms with Crippen LogP contribution < -0.4 is 11.5 Å². The van der Waals surface area contributed by atoms with Gasteiger partial charge in [0.1, 0.15) is 0 Å². The van der Waals surface area contributed by atoms with E-state index in [1.54, 1.807) is 0 Å². The van der Waals surface area contributed by atoms with Crippen molar-refractivity contribution in [2.75, 3.05) is 0 Å². The lowest BCUT2D eigenvalue weighted by atomic mass is 9.70. The molecule has 1 atom stereocenters. The molecule has 2 amide bonds. The molecule has 3 rings (SSSR count). The Morgan fingerprint density at radius 2 is 1.78 bits per heavy atom. The first kappa shape index (κ1) is 15.5. The molecule has 0 aliphatic heterocycles. The van der Waals surface area contributed by atoms with Crippen molar-refractivity contribution >= 4 is 11.8 Å². The average molecular weight is 310 g/mol. The molecule has 0 saturated heterocycles. The third-order valence-electron chi connectivity index (χ3n) is 5.20. The SMILES string of the molecule is CC1=C(C(N)=O)CC(CC2Cc3ccccc3C2)(C(N)=O)C=C1. The number of fused-ring (bicyclic) bond motifs is 1. The van der Waals surface area contributed by atoms with Crippen molar-refractivity contribution in [2.45, 2.75) is 32.6 Å². The third-order valence-corrected chi connectivity index (χ3v) is 5.20. The van der Waals surface area contributed by atoms with Gasteiger partial charge in [0.25, 0.3) is 0 Å². The summed E-state index contributed by atoms with van der Waals surface area (Å²) in [7, 11) is 0. The fourth-order valence-corrected chi connectivity index (χ4v) is 3.90. The Morgan fingerprint density at radius 3 is 2.30 bits per heavy atom. The van der Waals surface area contributed by atoms with E-state index in [9.17, 15) is 9.59 Å². The van der Waals surface area contributed by atoms with Crippen molar-refractivity contribution < 1.29 is 9.59 Å². The van der Waals surface area contributed by atoms with E-state index in [1.165, 1.54) is 11.1 Å². The molecule has 0 spiro atoms. The molecule has 0 bridgehead atoms. The van der Waals surface area contributed by atoms with E-state index in [4.69, 9.17) is 11.5 Å². The molecule has 1 aromatic carbocycles. The topological polar surface area (TPSA) is 86.2 Å². The Hall–Kier alpha value is -2.36. The predicted molar refractivity (Wildman–Crippen MR) is 89.2 cm³/mol. The Kier molecular flexibility index (Phi) is 3.84. The summed E-state index contributed by atoms with van der Waals surface area (Å²) in [6.07, 6.45) is 6.56. The van der Waals surface area contributed by atoms with Gasteiger partial charge in [-0.1, -0.05) is 36.4 Å². The van der Waals surface area contributed by atoms with Gasteiger partial charge in [-0.05, 0) is 55.2 Å². The van der Waals surface area contributed by atoms with Gasteiger partial charge in [-0.2, -0.15) is 0 Å². The van der Waals surface area contributed by atoms with Crippen molar-refractivity contribution in [3.05, 3.63) is 58.7 Å². The van der Waals surface area contributed by atoms with Crippen molar-refractivity contribution in [2.24, 2.45) is 22.8 Å². The monoisotopic (exact) mass is 310 g/mol. The largest absolute Gasteiger partial charge is 0.369 e. The van der Waals surface area contributed by atoms with Crippen molar-refractivity contribution in [3.63, 3.8) is 0 Å². The molecule has 0 saturated carbocycles. The summed E-state index contributed by atoms with van der Waals surface area (Å²) in [6.45, 7) is 1.84. The highest BCUT2D eigenvalue weighted by Gasteiger charge is 2.41. The number of hydrogen-bond donors (Lipinski definition) is 2. The van der Waals surface area contributed by atoms with Crippen LogP contribution >= 0.6 is 0 Å². The number of hydrogen-bond acceptors (Lipinski definition) is 2. The number of rotatable bonds is 4. The normalized spacial score (nSPS) is 23.9. The molecule has 2 aliphatic carbocycles. The van der Waals surface area contributed by atoms with Gasteiger partial charge in [-0.15, -0.1) is 0 Å². The molecule has 120 valence electrons. The van der Waals surface area contributed by atoms with E-state index < -0.39 is 11.3 Å². The molecule has 0 radical (unpaired) electrons. The second-order valence-electron chi connectivity index (χ2n) is 6.80. The summed E-state index contributed by atoms with van der Waals surface area (Å²) in [5.74, 6) is -0.486. The zero-order chi connectivity index (χ0) is 16.6. The first-order chi connectivity index (χ1) is 10.9. The average Bonchev–Trinajstić information content (AvgIpc) is 2.91. The van der Waals surface area contributed by atoms with Crippen molar-refractivity contribution in [1.29, 1.82) is 0 Å². The van der Waals surface area contributed by atoms with Crippen LogP contribution in [0.4, 0.5) is 0 Å². The lowest BCUT2D eigenvalue weighted by Gasteiger charge is -2.33. The minimum absolute atomic E-state index is 0.312. The molecule has 4 nitrogen and oxygen atoms in total. The summed E-state index contributed by atoms with van der Waals surface area (Å²) in [5.41, 5.74) is 14.4. The van der Waals surface area contributed by atoms with Gasteiger partial charge in [-0.3, -0.25) is 9.59 Å². The van der Waals surface area contributed by atoms with Crippen LogP contribution in [0.25, 0.3) is 0 Å². The lowest BCUT2D eigenvalue weighted by Crippen LogP contribution is -2.40. The minimum Gasteiger partial charge on any atom is -0.369 e. The number of carbonyl (C=O) groups excluding carboxylic acids is 2. The van der Waals surface area contributed by atoms with Crippen LogP contribution in [-0.2, 0) is 22.4 Å². The van der Waals surface area contributed by atoms with Crippen LogP contribution in [0.15, 0.2) is 47.6 Å². The standard InChI is InChI=1S/C19H22N2O2/c1-12-6-7-19(18(21)23,11-16(12)17(20)22)10-13-8-14-4-2-3-5-15(14)9-13/h2-7,13H,8-11H2,1H3,(H2,20,22)(H2,21,23). The minimum atomic E-state index is -0.809. The van der Waals surface area contributed by atoms with E-state index >= 15 is 0 Å². The molecule has 4 heteroatoms. The highest BCUT2D eigenvalue weighted by atomic mass is 16.1. The predicted octanol–water partition coefficient (Wildman–Crippen LogP) is 2.02. The van der Waals surface area contributed by atoms with E-state index in [0.29, 0.717) is 24.3 Å². The molecule has 0 fully saturated rings. The van der Waals surface area contributed by atoms with Crippen molar-refractivity contribution in [1.82, 2.24) is 0 Å². The summed E-state index contributed by atoms with van der Waals surface area (Å²) in [6, 6.07) is 8.37. The van der Waals surface area contributed by atoms with Gasteiger partial charge in [0.15, 0.2) is 0 Å². The van der Waals surface area contributed by atoms with E-state index in [0.717, 1.165) is 18.4 Å². The smallest absolute Gasteiger partial charge is 0.244 e. The van der Waals surface area contributed by atoms with E-state index in [-0.39, 0.29) is 5.91 Å². The zero-order valence-electron chi connectivity index (χ0n) is 13.3. The third kappa shape index (κ3) is 2.81. The first-order valence-corrected chi connectivity index (χ1v) is 7.97. The molecule has 0 aromatic heterocycles. The van der Waals surface area contributed by atoms with Crippen LogP contribution in [0.5, 0.6) is 0 Å². The maximum atomic E-state index is 12.2. The number of allylic oxidation sites excluding steroid dienone is 2. The van der Waals surface area contributed by atoms with Gasteiger partial charge < -0.3 is 11.5 Å². The number of nitrogens with two attached hydrogens (primary N) is 2. The number of primary amides is 2. The molecule has 1 aromatic rings. The number of benzene rings is 1. The fraction of sp³-hybridized carbons (Fsp3) is 0.368. The molecule has 4 N–H and O–H groups in total. The second-order valence-corrected chi connectivity index (χ2v) is 6.80. The molecule has 0 heterocycles. The highest BCUT2D eigenvalue weighted by Crippen LogP contribution is 2.42. The van der Waals surface area contributed by atoms with Crippen molar-refractivity contribution in [3.8, 4) is 0 Å². The van der Waals surface area contributed by atoms with Gasteiger partial charge in [-0.25, -0.2) is 0 Å². The molecular weight excluding hydrogens is 288 g/mol. The molecule has 23 heavy (non-hydrogen) atoms. The lowest BCUT2D eigenvalue weighted by molar-refractivity contribution is -0.126. The van der Waals surface area contributed by atoms with Crippen LogP contribution in [0, 0.1) is 11.3 Å².